The Morgan fingerprint density at radius 2 is 1.96 bits per heavy atom. The maximum atomic E-state index is 12.1. The average molecular weight is 338 g/mol. The number of fused-ring (bicyclic) bond motifs is 2. The van der Waals surface area contributed by atoms with Crippen molar-refractivity contribution in [2.24, 2.45) is 0 Å². The molecule has 0 atom stereocenters. The van der Waals surface area contributed by atoms with Gasteiger partial charge in [-0.1, -0.05) is 29.8 Å². The van der Waals surface area contributed by atoms with Crippen LogP contribution in [0.1, 0.15) is 0 Å². The number of pyridine rings is 1. The summed E-state index contributed by atoms with van der Waals surface area (Å²) >= 11 is 5.95. The number of hydrogen-bond acceptors (Lipinski definition) is 3. The van der Waals surface area contributed by atoms with Crippen molar-refractivity contribution in [1.29, 1.82) is 0 Å². The summed E-state index contributed by atoms with van der Waals surface area (Å²) in [5.74, 6) is 0.346. The fourth-order valence-electron chi connectivity index (χ4n) is 2.51. The quantitative estimate of drug-likeness (QED) is 0.542. The summed E-state index contributed by atoms with van der Waals surface area (Å²) in [5, 5.41) is 5.11. The number of aromatic nitrogens is 2. The molecule has 0 bridgehead atoms. The van der Waals surface area contributed by atoms with Gasteiger partial charge in [-0.3, -0.25) is 10.3 Å². The van der Waals surface area contributed by atoms with Crippen LogP contribution < -0.4 is 10.1 Å². The van der Waals surface area contributed by atoms with E-state index in [0.29, 0.717) is 16.6 Å². The van der Waals surface area contributed by atoms with Crippen LogP contribution in [-0.4, -0.2) is 16.1 Å². The van der Waals surface area contributed by atoms with Gasteiger partial charge in [0.25, 0.3) is 0 Å². The van der Waals surface area contributed by atoms with E-state index < -0.39 is 6.09 Å². The second-order valence-electron chi connectivity index (χ2n) is 5.30. The molecule has 0 fully saturated rings. The molecule has 0 spiro atoms. The number of hydrogen-bond donors (Lipinski definition) is 2. The molecule has 24 heavy (non-hydrogen) atoms. The Kier molecular flexibility index (Phi) is 3.55. The first-order valence-corrected chi connectivity index (χ1v) is 7.67. The molecule has 4 rings (SSSR count). The van der Waals surface area contributed by atoms with E-state index in [1.807, 2.05) is 36.4 Å². The number of benzene rings is 2. The Morgan fingerprint density at radius 3 is 2.88 bits per heavy atom. The lowest BCUT2D eigenvalue weighted by molar-refractivity contribution is 0.213. The van der Waals surface area contributed by atoms with Crippen molar-refractivity contribution < 1.29 is 9.53 Å². The Bertz CT molecular complexity index is 1060. The van der Waals surface area contributed by atoms with E-state index in [-0.39, 0.29) is 0 Å². The van der Waals surface area contributed by atoms with Crippen molar-refractivity contribution in [3.8, 4) is 5.88 Å². The molecule has 0 unspecified atom stereocenters. The first kappa shape index (κ1) is 14.5. The monoisotopic (exact) mass is 337 g/mol. The lowest BCUT2D eigenvalue weighted by Crippen LogP contribution is -2.16. The molecule has 6 heteroatoms. The summed E-state index contributed by atoms with van der Waals surface area (Å²) in [4.78, 5) is 19.4. The summed E-state index contributed by atoms with van der Waals surface area (Å²) in [5.41, 5.74) is 2.27. The van der Waals surface area contributed by atoms with Crippen molar-refractivity contribution in [3.63, 3.8) is 0 Å². The zero-order chi connectivity index (χ0) is 16.5. The van der Waals surface area contributed by atoms with Crippen LogP contribution in [-0.2, 0) is 0 Å². The first-order chi connectivity index (χ1) is 11.7. The molecule has 0 aliphatic carbocycles. The van der Waals surface area contributed by atoms with E-state index in [9.17, 15) is 4.79 Å². The number of anilines is 1. The van der Waals surface area contributed by atoms with Gasteiger partial charge in [0.05, 0.1) is 17.4 Å². The number of rotatable bonds is 2. The van der Waals surface area contributed by atoms with Crippen molar-refractivity contribution in [2.75, 3.05) is 5.32 Å². The minimum Gasteiger partial charge on any atom is -0.393 e. The highest BCUT2D eigenvalue weighted by molar-refractivity contribution is 6.31. The molecule has 0 saturated heterocycles. The molecule has 2 aromatic carbocycles. The maximum absolute atomic E-state index is 12.1. The number of para-hydroxylation sites is 1. The van der Waals surface area contributed by atoms with Gasteiger partial charge in [-0.25, -0.2) is 4.79 Å². The molecule has 0 aliphatic rings. The highest BCUT2D eigenvalue weighted by Gasteiger charge is 2.09. The average Bonchev–Trinajstić information content (AvgIpc) is 2.95. The summed E-state index contributed by atoms with van der Waals surface area (Å²) in [6, 6.07) is 16.6. The lowest BCUT2D eigenvalue weighted by atomic mass is 10.2. The van der Waals surface area contributed by atoms with Crippen LogP contribution in [0.2, 0.25) is 5.02 Å². The number of carbonyl (C=O) groups excluding carboxylic acids is 1. The number of ether oxygens (including phenoxy) is 1. The minimum absolute atomic E-state index is 0.346. The predicted octanol–water partition coefficient (Wildman–Crippen LogP) is 4.98. The summed E-state index contributed by atoms with van der Waals surface area (Å²) in [6.45, 7) is 0. The lowest BCUT2D eigenvalue weighted by Gasteiger charge is -2.05. The fourth-order valence-corrected chi connectivity index (χ4v) is 2.70. The second kappa shape index (κ2) is 5.86. The van der Waals surface area contributed by atoms with Gasteiger partial charge in [0, 0.05) is 27.4 Å². The molecule has 1 amide bonds. The number of aromatic amines is 1. The molecular formula is C18H12ClN3O2. The number of nitrogens with zero attached hydrogens (tertiary/aromatic N) is 1. The number of carbonyl (C=O) groups is 1. The third-order valence-corrected chi connectivity index (χ3v) is 3.83. The van der Waals surface area contributed by atoms with Crippen LogP contribution in [0, 0.1) is 0 Å². The number of amides is 1. The van der Waals surface area contributed by atoms with Gasteiger partial charge in [0.15, 0.2) is 0 Å². The molecule has 4 aromatic rings. The number of halogens is 1. The Morgan fingerprint density at radius 1 is 1.08 bits per heavy atom. The van der Waals surface area contributed by atoms with Crippen LogP contribution in [0.3, 0.4) is 0 Å². The summed E-state index contributed by atoms with van der Waals surface area (Å²) in [7, 11) is 0. The van der Waals surface area contributed by atoms with Crippen molar-refractivity contribution >= 4 is 45.2 Å². The van der Waals surface area contributed by atoms with E-state index >= 15 is 0 Å². The Hall–Kier alpha value is -3.05. The van der Waals surface area contributed by atoms with Gasteiger partial charge in [-0.2, -0.15) is 0 Å². The van der Waals surface area contributed by atoms with E-state index in [0.717, 1.165) is 21.8 Å². The highest BCUT2D eigenvalue weighted by atomic mass is 35.5. The highest BCUT2D eigenvalue weighted by Crippen LogP contribution is 2.24. The molecule has 2 heterocycles. The van der Waals surface area contributed by atoms with Crippen LogP contribution in [0.4, 0.5) is 10.5 Å². The molecule has 0 radical (unpaired) electrons. The molecule has 2 N–H and O–H groups in total. The smallest absolute Gasteiger partial charge is 0.393 e. The van der Waals surface area contributed by atoms with Crippen molar-refractivity contribution in [3.05, 3.63) is 65.8 Å². The van der Waals surface area contributed by atoms with Crippen LogP contribution in [0.15, 0.2) is 60.8 Å². The van der Waals surface area contributed by atoms with Gasteiger partial charge < -0.3 is 9.72 Å². The van der Waals surface area contributed by atoms with Crippen LogP contribution >= 0.6 is 11.6 Å². The topological polar surface area (TPSA) is 67.0 Å². The van der Waals surface area contributed by atoms with Gasteiger partial charge in [0.1, 0.15) is 0 Å². The molecule has 118 valence electrons. The van der Waals surface area contributed by atoms with Gasteiger partial charge in [-0.05, 0) is 30.3 Å². The third kappa shape index (κ3) is 2.89. The zero-order valence-corrected chi connectivity index (χ0v) is 13.2. The summed E-state index contributed by atoms with van der Waals surface area (Å²) < 4.78 is 5.28. The van der Waals surface area contributed by atoms with E-state index in [1.165, 1.54) is 0 Å². The van der Waals surface area contributed by atoms with Crippen molar-refractivity contribution in [1.82, 2.24) is 9.97 Å². The number of H-pyrrole nitrogens is 1. The van der Waals surface area contributed by atoms with Gasteiger partial charge >= 0.3 is 6.09 Å². The molecule has 5 nitrogen and oxygen atoms in total. The zero-order valence-electron chi connectivity index (χ0n) is 12.4. The second-order valence-corrected chi connectivity index (χ2v) is 5.73. The molecule has 0 aliphatic heterocycles. The van der Waals surface area contributed by atoms with Crippen molar-refractivity contribution in [2.45, 2.75) is 0 Å². The third-order valence-electron chi connectivity index (χ3n) is 3.60. The maximum Gasteiger partial charge on any atom is 0.418 e. The van der Waals surface area contributed by atoms with E-state index in [4.69, 9.17) is 16.3 Å². The predicted molar refractivity (Wildman–Crippen MR) is 94.7 cm³/mol. The normalized spacial score (nSPS) is 10.9. The van der Waals surface area contributed by atoms with Crippen LogP contribution in [0.25, 0.3) is 21.8 Å². The standard InChI is InChI=1S/C18H12ClN3O2/c19-13-5-6-16-12(7-13)9-17(22-16)24-18(23)21-14-8-11-3-1-2-4-15(11)20-10-14/h1-10,22H,(H,21,23). The van der Waals surface area contributed by atoms with Gasteiger partial charge in [0.2, 0.25) is 5.88 Å². The van der Waals surface area contributed by atoms with E-state index in [2.05, 4.69) is 15.3 Å². The molecule has 2 aromatic heterocycles. The van der Waals surface area contributed by atoms with E-state index in [1.54, 1.807) is 24.4 Å². The first-order valence-electron chi connectivity index (χ1n) is 7.29. The fraction of sp³-hybridized carbons (Fsp3) is 0. The minimum atomic E-state index is -0.593. The molecular weight excluding hydrogens is 326 g/mol. The molecule has 0 saturated carbocycles. The number of nitrogens with one attached hydrogen (secondary N) is 2. The van der Waals surface area contributed by atoms with Crippen LogP contribution in [0.5, 0.6) is 5.88 Å². The SMILES string of the molecule is O=C(Nc1cnc2ccccc2c1)Oc1cc2cc(Cl)ccc2[nH]1. The summed E-state index contributed by atoms with van der Waals surface area (Å²) in [6.07, 6.45) is 0.999. The Balaban J connectivity index is 1.52. The largest absolute Gasteiger partial charge is 0.418 e. The Labute approximate surface area is 142 Å². The van der Waals surface area contributed by atoms with Gasteiger partial charge in [-0.15, -0.1) is 0 Å².